The minimum Gasteiger partial charge on any atom is -0.378 e. The smallest absolute Gasteiger partial charge is 0.251 e. The maximum atomic E-state index is 11.7. The number of hydrogen-bond donors (Lipinski definition) is 2. The second kappa shape index (κ2) is 5.63. The van der Waals surface area contributed by atoms with Crippen LogP contribution in [0.3, 0.4) is 0 Å². The first-order valence-corrected chi connectivity index (χ1v) is 5.84. The molecule has 1 aromatic heterocycles. The summed E-state index contributed by atoms with van der Waals surface area (Å²) in [6.07, 6.45) is 4.74. The Labute approximate surface area is 99.2 Å². The van der Waals surface area contributed by atoms with E-state index in [9.17, 15) is 9.59 Å². The molecule has 2 heterocycles. The zero-order valence-corrected chi connectivity index (χ0v) is 9.57. The van der Waals surface area contributed by atoms with Crippen molar-refractivity contribution in [3.8, 4) is 0 Å². The van der Waals surface area contributed by atoms with Crippen molar-refractivity contribution in [2.45, 2.75) is 25.4 Å². The summed E-state index contributed by atoms with van der Waals surface area (Å²) in [5, 5.41) is 2.78. The van der Waals surface area contributed by atoms with Gasteiger partial charge in [-0.3, -0.25) is 9.59 Å². The standard InChI is InChI=1S/C12H16N2O3/c15-11-8-9(3-5-13-11)12(16)14-6-4-10-2-1-7-17-10/h3,5,8,10H,1-2,4,6-7H2,(H,13,15)(H,14,16). The molecule has 5 heteroatoms. The Balaban J connectivity index is 1.79. The van der Waals surface area contributed by atoms with Gasteiger partial charge in [-0.15, -0.1) is 0 Å². The summed E-state index contributed by atoms with van der Waals surface area (Å²) in [6, 6.07) is 2.88. The van der Waals surface area contributed by atoms with Gasteiger partial charge in [0, 0.05) is 31.0 Å². The minimum absolute atomic E-state index is 0.214. The second-order valence-corrected chi connectivity index (χ2v) is 4.12. The zero-order chi connectivity index (χ0) is 12.1. The van der Waals surface area contributed by atoms with Crippen molar-refractivity contribution in [3.63, 3.8) is 0 Å². The van der Waals surface area contributed by atoms with Crippen LogP contribution in [0.25, 0.3) is 0 Å². The van der Waals surface area contributed by atoms with Crippen molar-refractivity contribution in [3.05, 3.63) is 34.2 Å². The van der Waals surface area contributed by atoms with Crippen molar-refractivity contribution in [2.24, 2.45) is 0 Å². The fraction of sp³-hybridized carbons (Fsp3) is 0.500. The lowest BCUT2D eigenvalue weighted by atomic mass is 10.2. The third-order valence-corrected chi connectivity index (χ3v) is 2.81. The molecule has 1 aromatic rings. The van der Waals surface area contributed by atoms with Gasteiger partial charge in [0.2, 0.25) is 5.56 Å². The molecule has 1 aliphatic rings. The molecule has 2 N–H and O–H groups in total. The number of amides is 1. The lowest BCUT2D eigenvalue weighted by molar-refractivity contribution is 0.0907. The number of hydrogen-bond acceptors (Lipinski definition) is 3. The molecule has 1 saturated heterocycles. The van der Waals surface area contributed by atoms with Crippen molar-refractivity contribution >= 4 is 5.91 Å². The Hall–Kier alpha value is -1.62. The van der Waals surface area contributed by atoms with Gasteiger partial charge in [-0.1, -0.05) is 0 Å². The highest BCUT2D eigenvalue weighted by Crippen LogP contribution is 2.14. The van der Waals surface area contributed by atoms with Crippen LogP contribution in [0.5, 0.6) is 0 Å². The number of aromatic nitrogens is 1. The van der Waals surface area contributed by atoms with E-state index < -0.39 is 0 Å². The third kappa shape index (κ3) is 3.42. The molecule has 17 heavy (non-hydrogen) atoms. The highest BCUT2D eigenvalue weighted by Gasteiger charge is 2.15. The molecule has 5 nitrogen and oxygen atoms in total. The third-order valence-electron chi connectivity index (χ3n) is 2.81. The maximum Gasteiger partial charge on any atom is 0.251 e. The monoisotopic (exact) mass is 236 g/mol. The van der Waals surface area contributed by atoms with Crippen LogP contribution in [0.4, 0.5) is 0 Å². The Bertz CT molecular complexity index is 435. The predicted molar refractivity (Wildman–Crippen MR) is 63.0 cm³/mol. The summed E-state index contributed by atoms with van der Waals surface area (Å²) in [4.78, 5) is 25.2. The summed E-state index contributed by atoms with van der Waals surface area (Å²) < 4.78 is 5.45. The lowest BCUT2D eigenvalue weighted by Gasteiger charge is -2.09. The van der Waals surface area contributed by atoms with Crippen molar-refractivity contribution < 1.29 is 9.53 Å². The molecular weight excluding hydrogens is 220 g/mol. The molecule has 0 aliphatic carbocycles. The van der Waals surface area contributed by atoms with Gasteiger partial charge in [0.25, 0.3) is 5.91 Å². The second-order valence-electron chi connectivity index (χ2n) is 4.12. The van der Waals surface area contributed by atoms with Crippen LogP contribution < -0.4 is 10.9 Å². The van der Waals surface area contributed by atoms with Gasteiger partial charge >= 0.3 is 0 Å². The molecule has 0 radical (unpaired) electrons. The van der Waals surface area contributed by atoms with Gasteiger partial charge in [0.05, 0.1) is 6.10 Å². The van der Waals surface area contributed by atoms with Crippen LogP contribution in [-0.2, 0) is 4.74 Å². The van der Waals surface area contributed by atoms with Gasteiger partial charge in [0.15, 0.2) is 0 Å². The molecule has 1 fully saturated rings. The first kappa shape index (κ1) is 11.9. The molecule has 1 atom stereocenters. The van der Waals surface area contributed by atoms with Gasteiger partial charge in [-0.2, -0.15) is 0 Å². The summed E-state index contributed by atoms with van der Waals surface area (Å²) in [5.74, 6) is -0.214. The minimum atomic E-state index is -0.267. The summed E-state index contributed by atoms with van der Waals surface area (Å²) in [7, 11) is 0. The highest BCUT2D eigenvalue weighted by atomic mass is 16.5. The van der Waals surface area contributed by atoms with E-state index in [0.29, 0.717) is 12.1 Å². The number of nitrogens with one attached hydrogen (secondary N) is 2. The van der Waals surface area contributed by atoms with Crippen LogP contribution >= 0.6 is 0 Å². The van der Waals surface area contributed by atoms with Crippen molar-refractivity contribution in [1.82, 2.24) is 10.3 Å². The van der Waals surface area contributed by atoms with Crippen LogP contribution in [-0.4, -0.2) is 30.1 Å². The van der Waals surface area contributed by atoms with E-state index in [-0.39, 0.29) is 17.6 Å². The number of pyridine rings is 1. The molecule has 1 amide bonds. The van der Waals surface area contributed by atoms with Crippen LogP contribution in [0.2, 0.25) is 0 Å². The van der Waals surface area contributed by atoms with Gasteiger partial charge in [0.1, 0.15) is 0 Å². The fourth-order valence-corrected chi connectivity index (χ4v) is 1.91. The Morgan fingerprint density at radius 2 is 2.47 bits per heavy atom. The zero-order valence-electron chi connectivity index (χ0n) is 9.57. The van der Waals surface area contributed by atoms with E-state index in [4.69, 9.17) is 4.74 Å². The molecule has 92 valence electrons. The molecule has 0 spiro atoms. The summed E-state index contributed by atoms with van der Waals surface area (Å²) in [5.41, 5.74) is 0.123. The van der Waals surface area contributed by atoms with Gasteiger partial charge in [-0.05, 0) is 25.3 Å². The Kier molecular flexibility index (Phi) is 3.93. The van der Waals surface area contributed by atoms with Crippen molar-refractivity contribution in [1.29, 1.82) is 0 Å². The van der Waals surface area contributed by atoms with Crippen molar-refractivity contribution in [2.75, 3.05) is 13.2 Å². The van der Waals surface area contributed by atoms with Crippen LogP contribution in [0.15, 0.2) is 23.1 Å². The Morgan fingerprint density at radius 3 is 3.18 bits per heavy atom. The van der Waals surface area contributed by atoms with Gasteiger partial charge < -0.3 is 15.0 Å². The molecule has 0 saturated carbocycles. The average Bonchev–Trinajstić information content (AvgIpc) is 2.82. The molecule has 0 aromatic carbocycles. The maximum absolute atomic E-state index is 11.7. The number of ether oxygens (including phenoxy) is 1. The number of carbonyl (C=O) groups excluding carboxylic acids is 1. The van der Waals surface area contributed by atoms with E-state index in [1.807, 2.05) is 0 Å². The largest absolute Gasteiger partial charge is 0.378 e. The molecular formula is C12H16N2O3. The number of H-pyrrole nitrogens is 1. The van der Waals surface area contributed by atoms with Crippen LogP contribution in [0, 0.1) is 0 Å². The van der Waals surface area contributed by atoms with Gasteiger partial charge in [-0.25, -0.2) is 0 Å². The lowest BCUT2D eigenvalue weighted by Crippen LogP contribution is -2.27. The first-order chi connectivity index (χ1) is 8.25. The van der Waals surface area contributed by atoms with E-state index >= 15 is 0 Å². The topological polar surface area (TPSA) is 71.2 Å². The van der Waals surface area contributed by atoms with Crippen LogP contribution in [0.1, 0.15) is 29.6 Å². The normalized spacial score (nSPS) is 19.2. The highest BCUT2D eigenvalue weighted by molar-refractivity contribution is 5.93. The molecule has 2 rings (SSSR count). The number of rotatable bonds is 4. The van der Waals surface area contributed by atoms with E-state index in [0.717, 1.165) is 25.9 Å². The SMILES string of the molecule is O=C(NCCC1CCCO1)c1cc[nH]c(=O)c1. The predicted octanol–water partition coefficient (Wildman–Crippen LogP) is 0.674. The van der Waals surface area contributed by atoms with E-state index in [1.165, 1.54) is 12.3 Å². The number of carbonyl (C=O) groups is 1. The molecule has 0 bridgehead atoms. The average molecular weight is 236 g/mol. The molecule has 1 aliphatic heterocycles. The number of aromatic amines is 1. The molecule has 1 unspecified atom stereocenters. The fourth-order valence-electron chi connectivity index (χ4n) is 1.91. The quantitative estimate of drug-likeness (QED) is 0.807. The summed E-state index contributed by atoms with van der Waals surface area (Å²) >= 11 is 0. The van der Waals surface area contributed by atoms with E-state index in [1.54, 1.807) is 6.07 Å². The summed E-state index contributed by atoms with van der Waals surface area (Å²) in [6.45, 7) is 1.41. The first-order valence-electron chi connectivity index (χ1n) is 5.84. The Morgan fingerprint density at radius 1 is 1.59 bits per heavy atom. The van der Waals surface area contributed by atoms with E-state index in [2.05, 4.69) is 10.3 Å².